The third kappa shape index (κ3) is 5.12. The summed E-state index contributed by atoms with van der Waals surface area (Å²) in [6, 6.07) is 7.87. The molecule has 1 aromatic rings. The van der Waals surface area contributed by atoms with Gasteiger partial charge in [-0.1, -0.05) is 30.3 Å². The van der Waals surface area contributed by atoms with Crippen LogP contribution < -0.4 is 0 Å². The minimum Gasteiger partial charge on any atom is -0.480 e. The average Bonchev–Trinajstić information content (AvgIpc) is 2.43. The number of carbonyl (C=O) groups excluding carboxylic acids is 1. The van der Waals surface area contributed by atoms with Gasteiger partial charge in [0.2, 0.25) is 15.9 Å². The number of rotatable bonds is 7. The normalized spacial score (nSPS) is 12.9. The predicted molar refractivity (Wildman–Crippen MR) is 81.6 cm³/mol. The molecule has 1 amide bonds. The molecule has 22 heavy (non-hydrogen) atoms. The van der Waals surface area contributed by atoms with Crippen molar-refractivity contribution in [2.24, 2.45) is 0 Å². The highest BCUT2D eigenvalue weighted by Gasteiger charge is 2.27. The standard InChI is InChI=1S/C14H20N2O5S/c1-11(14(18)19)16(9-12-7-5-4-6-8-12)13(17)10-15(2)22(3,20)21/h4-8,11H,9-10H2,1-3H3,(H,18,19). The minimum atomic E-state index is -3.51. The molecule has 0 radical (unpaired) electrons. The number of nitrogens with zero attached hydrogens (tertiary/aromatic N) is 2. The van der Waals surface area contributed by atoms with E-state index in [1.54, 1.807) is 24.3 Å². The van der Waals surface area contributed by atoms with Crippen molar-refractivity contribution in [1.29, 1.82) is 0 Å². The van der Waals surface area contributed by atoms with Gasteiger partial charge in [0.25, 0.3) is 0 Å². The minimum absolute atomic E-state index is 0.102. The van der Waals surface area contributed by atoms with Crippen LogP contribution in [0.1, 0.15) is 12.5 Å². The number of likely N-dealkylation sites (N-methyl/N-ethyl adjacent to an activating group) is 1. The van der Waals surface area contributed by atoms with Crippen molar-refractivity contribution in [2.45, 2.75) is 19.5 Å². The van der Waals surface area contributed by atoms with E-state index in [4.69, 9.17) is 5.11 Å². The van der Waals surface area contributed by atoms with Crippen LogP contribution in [0.25, 0.3) is 0 Å². The first-order chi connectivity index (χ1) is 10.1. The van der Waals surface area contributed by atoms with Gasteiger partial charge < -0.3 is 10.0 Å². The lowest BCUT2D eigenvalue weighted by molar-refractivity contribution is -0.150. The van der Waals surface area contributed by atoms with E-state index in [1.807, 2.05) is 6.07 Å². The van der Waals surface area contributed by atoms with Crippen molar-refractivity contribution < 1.29 is 23.1 Å². The quantitative estimate of drug-likeness (QED) is 0.781. The first-order valence-electron chi connectivity index (χ1n) is 6.60. The fourth-order valence-electron chi connectivity index (χ4n) is 1.75. The summed E-state index contributed by atoms with van der Waals surface area (Å²) in [6.07, 6.45) is 0.989. The third-order valence-electron chi connectivity index (χ3n) is 3.27. The van der Waals surface area contributed by atoms with Gasteiger partial charge in [0.05, 0.1) is 12.8 Å². The van der Waals surface area contributed by atoms with Crippen LogP contribution in [0.15, 0.2) is 30.3 Å². The van der Waals surface area contributed by atoms with Crippen molar-refractivity contribution in [3.05, 3.63) is 35.9 Å². The number of benzene rings is 1. The Hall–Kier alpha value is -1.93. The van der Waals surface area contributed by atoms with Crippen LogP contribution in [-0.4, -0.2) is 60.5 Å². The topological polar surface area (TPSA) is 95.0 Å². The molecule has 0 heterocycles. The molecule has 0 aliphatic carbocycles. The number of carboxylic acids is 1. The van der Waals surface area contributed by atoms with Gasteiger partial charge in [-0.2, -0.15) is 4.31 Å². The van der Waals surface area contributed by atoms with E-state index in [0.717, 1.165) is 21.0 Å². The van der Waals surface area contributed by atoms with Crippen molar-refractivity contribution in [1.82, 2.24) is 9.21 Å². The Morgan fingerprint density at radius 2 is 1.77 bits per heavy atom. The molecule has 1 unspecified atom stereocenters. The Bertz CT molecular complexity index is 630. The first kappa shape index (κ1) is 18.1. The summed E-state index contributed by atoms with van der Waals surface area (Å²) in [4.78, 5) is 24.7. The number of sulfonamides is 1. The van der Waals surface area contributed by atoms with E-state index in [0.29, 0.717) is 0 Å². The van der Waals surface area contributed by atoms with Gasteiger partial charge in [-0.3, -0.25) is 4.79 Å². The van der Waals surface area contributed by atoms with Crippen LogP contribution in [0.5, 0.6) is 0 Å². The Labute approximate surface area is 130 Å². The van der Waals surface area contributed by atoms with Gasteiger partial charge in [-0.25, -0.2) is 13.2 Å². The van der Waals surface area contributed by atoms with Crippen LogP contribution in [-0.2, 0) is 26.2 Å². The molecular formula is C14H20N2O5S. The van der Waals surface area contributed by atoms with Crippen LogP contribution >= 0.6 is 0 Å². The second-order valence-corrected chi connectivity index (χ2v) is 7.13. The van der Waals surface area contributed by atoms with E-state index in [2.05, 4.69) is 0 Å². The number of hydrogen-bond donors (Lipinski definition) is 1. The highest BCUT2D eigenvalue weighted by atomic mass is 32.2. The van der Waals surface area contributed by atoms with Crippen LogP contribution in [0.2, 0.25) is 0 Å². The highest BCUT2D eigenvalue weighted by Crippen LogP contribution is 2.10. The summed E-state index contributed by atoms with van der Waals surface area (Å²) in [5.41, 5.74) is 0.769. The largest absolute Gasteiger partial charge is 0.480 e. The summed E-state index contributed by atoms with van der Waals surface area (Å²) in [5, 5.41) is 9.15. The lowest BCUT2D eigenvalue weighted by Gasteiger charge is -2.28. The Balaban J connectivity index is 2.95. The van der Waals surface area contributed by atoms with E-state index < -0.39 is 34.5 Å². The molecule has 0 spiro atoms. The van der Waals surface area contributed by atoms with Crippen molar-refractivity contribution in [3.8, 4) is 0 Å². The van der Waals surface area contributed by atoms with E-state index >= 15 is 0 Å². The summed E-state index contributed by atoms with van der Waals surface area (Å²) in [5.74, 6) is -1.71. The van der Waals surface area contributed by atoms with Crippen LogP contribution in [0.4, 0.5) is 0 Å². The highest BCUT2D eigenvalue weighted by molar-refractivity contribution is 7.88. The lowest BCUT2D eigenvalue weighted by atomic mass is 10.2. The second-order valence-electron chi connectivity index (χ2n) is 5.04. The van der Waals surface area contributed by atoms with E-state index in [9.17, 15) is 18.0 Å². The molecule has 0 saturated heterocycles. The summed E-state index contributed by atoms with van der Waals surface area (Å²) in [7, 11) is -2.23. The molecular weight excluding hydrogens is 308 g/mol. The zero-order valence-corrected chi connectivity index (χ0v) is 13.6. The zero-order valence-electron chi connectivity index (χ0n) is 12.8. The van der Waals surface area contributed by atoms with Gasteiger partial charge in [0.1, 0.15) is 6.04 Å². The molecule has 1 aromatic carbocycles. The molecule has 0 aromatic heterocycles. The maximum absolute atomic E-state index is 12.3. The van der Waals surface area contributed by atoms with Gasteiger partial charge >= 0.3 is 5.97 Å². The molecule has 1 atom stereocenters. The Morgan fingerprint density at radius 1 is 1.23 bits per heavy atom. The summed E-state index contributed by atoms with van der Waals surface area (Å²) >= 11 is 0. The SMILES string of the molecule is CC(C(=O)O)N(Cc1ccccc1)C(=O)CN(C)S(C)(=O)=O. The molecule has 1 rings (SSSR count). The summed E-state index contributed by atoms with van der Waals surface area (Å²) < 4.78 is 23.7. The molecule has 8 heteroatoms. The number of amides is 1. The molecule has 0 bridgehead atoms. The predicted octanol–water partition coefficient (Wildman–Crippen LogP) is 0.380. The fourth-order valence-corrected chi connectivity index (χ4v) is 2.10. The van der Waals surface area contributed by atoms with Gasteiger partial charge in [-0.05, 0) is 12.5 Å². The molecule has 0 fully saturated rings. The number of carboxylic acid groups (broad SMARTS) is 1. The third-order valence-corrected chi connectivity index (χ3v) is 4.53. The summed E-state index contributed by atoms with van der Waals surface area (Å²) in [6.45, 7) is 1.09. The monoisotopic (exact) mass is 328 g/mol. The number of carbonyl (C=O) groups is 2. The molecule has 1 N–H and O–H groups in total. The average molecular weight is 328 g/mol. The maximum Gasteiger partial charge on any atom is 0.326 e. The number of hydrogen-bond acceptors (Lipinski definition) is 4. The smallest absolute Gasteiger partial charge is 0.326 e. The van der Waals surface area contributed by atoms with Crippen LogP contribution in [0, 0.1) is 0 Å². The lowest BCUT2D eigenvalue weighted by Crippen LogP contribution is -2.47. The Morgan fingerprint density at radius 3 is 2.23 bits per heavy atom. The Kier molecular flexibility index (Phi) is 6.07. The molecule has 0 saturated carbocycles. The van der Waals surface area contributed by atoms with Gasteiger partial charge in [-0.15, -0.1) is 0 Å². The number of aliphatic carboxylic acids is 1. The van der Waals surface area contributed by atoms with Gasteiger partial charge in [0.15, 0.2) is 0 Å². The molecule has 0 aliphatic heterocycles. The van der Waals surface area contributed by atoms with E-state index in [-0.39, 0.29) is 6.54 Å². The molecule has 7 nitrogen and oxygen atoms in total. The van der Waals surface area contributed by atoms with E-state index in [1.165, 1.54) is 14.0 Å². The zero-order chi connectivity index (χ0) is 16.9. The first-order valence-corrected chi connectivity index (χ1v) is 8.45. The molecule has 122 valence electrons. The van der Waals surface area contributed by atoms with Gasteiger partial charge in [0, 0.05) is 13.6 Å². The van der Waals surface area contributed by atoms with Crippen LogP contribution in [0.3, 0.4) is 0 Å². The van der Waals surface area contributed by atoms with Crippen molar-refractivity contribution >= 4 is 21.9 Å². The maximum atomic E-state index is 12.3. The second kappa shape index (κ2) is 7.37. The fraction of sp³-hybridized carbons (Fsp3) is 0.429. The van der Waals surface area contributed by atoms with Crippen molar-refractivity contribution in [3.63, 3.8) is 0 Å². The van der Waals surface area contributed by atoms with Crippen molar-refractivity contribution in [2.75, 3.05) is 19.8 Å². The molecule has 0 aliphatic rings.